The summed E-state index contributed by atoms with van der Waals surface area (Å²) in [6, 6.07) is 6.26. The number of anilines is 1. The molecule has 0 fully saturated rings. The average molecular weight is 326 g/mol. The van der Waals surface area contributed by atoms with E-state index in [2.05, 4.69) is 25.6 Å². The molecule has 3 rings (SSSR count). The Hall–Kier alpha value is -3.62. The quantitative estimate of drug-likeness (QED) is 0.479. The van der Waals surface area contributed by atoms with Crippen molar-refractivity contribution in [3.8, 4) is 0 Å². The Labute approximate surface area is 135 Å². The summed E-state index contributed by atoms with van der Waals surface area (Å²) in [7, 11) is 0. The van der Waals surface area contributed by atoms with Crippen LogP contribution in [-0.2, 0) is 6.54 Å². The van der Waals surface area contributed by atoms with Gasteiger partial charge in [0.05, 0.1) is 17.3 Å². The number of aromatic amines is 2. The summed E-state index contributed by atoms with van der Waals surface area (Å²) in [5.41, 5.74) is 6.55. The minimum absolute atomic E-state index is 0.206. The molecule has 0 saturated carbocycles. The molecular formula is C15H14N6O3. The van der Waals surface area contributed by atoms with Gasteiger partial charge in [0.2, 0.25) is 0 Å². The number of nitrogens with one attached hydrogen (secondary N) is 4. The molecule has 1 aromatic carbocycles. The Kier molecular flexibility index (Phi) is 3.98. The largest absolute Gasteiger partial charge is 0.352 e. The molecule has 0 aliphatic heterocycles. The zero-order chi connectivity index (χ0) is 17.1. The molecule has 2 heterocycles. The highest BCUT2D eigenvalue weighted by atomic mass is 16.2. The van der Waals surface area contributed by atoms with E-state index < -0.39 is 11.9 Å². The molecular weight excluding hydrogens is 312 g/mol. The molecule has 0 saturated heterocycles. The van der Waals surface area contributed by atoms with Crippen LogP contribution in [0.4, 0.5) is 10.5 Å². The third-order valence-corrected chi connectivity index (χ3v) is 3.40. The van der Waals surface area contributed by atoms with Crippen molar-refractivity contribution < 1.29 is 9.59 Å². The van der Waals surface area contributed by atoms with Crippen LogP contribution in [0.25, 0.3) is 11.0 Å². The molecule has 0 atom stereocenters. The van der Waals surface area contributed by atoms with Crippen molar-refractivity contribution in [2.75, 3.05) is 5.32 Å². The Morgan fingerprint density at radius 1 is 1.17 bits per heavy atom. The SMILES string of the molecule is NC(=O)NCc1ccc(NC(=O)c2c[nH]c3nc[nH]c(=O)c23)cc1. The van der Waals surface area contributed by atoms with E-state index in [1.807, 2.05) is 0 Å². The van der Waals surface area contributed by atoms with Gasteiger partial charge in [-0.3, -0.25) is 9.59 Å². The third-order valence-electron chi connectivity index (χ3n) is 3.40. The molecule has 0 unspecified atom stereocenters. The molecule has 3 amide bonds. The predicted molar refractivity (Wildman–Crippen MR) is 87.5 cm³/mol. The second-order valence-corrected chi connectivity index (χ2v) is 5.03. The van der Waals surface area contributed by atoms with Gasteiger partial charge < -0.3 is 26.3 Å². The fourth-order valence-corrected chi connectivity index (χ4v) is 2.24. The first kappa shape index (κ1) is 15.3. The number of carbonyl (C=O) groups excluding carboxylic acids is 2. The number of rotatable bonds is 4. The number of nitrogens with two attached hydrogens (primary N) is 1. The fourth-order valence-electron chi connectivity index (χ4n) is 2.24. The highest BCUT2D eigenvalue weighted by molar-refractivity contribution is 6.12. The van der Waals surface area contributed by atoms with Crippen LogP contribution in [0, 0.1) is 0 Å². The first-order valence-electron chi connectivity index (χ1n) is 7.03. The molecule has 0 radical (unpaired) electrons. The van der Waals surface area contributed by atoms with E-state index in [9.17, 15) is 14.4 Å². The van der Waals surface area contributed by atoms with E-state index in [0.717, 1.165) is 5.56 Å². The molecule has 122 valence electrons. The smallest absolute Gasteiger partial charge is 0.312 e. The van der Waals surface area contributed by atoms with Crippen LogP contribution in [0.2, 0.25) is 0 Å². The molecule has 0 aliphatic carbocycles. The average Bonchev–Trinajstić information content (AvgIpc) is 3.00. The summed E-state index contributed by atoms with van der Waals surface area (Å²) in [6.45, 7) is 0.299. The molecule has 24 heavy (non-hydrogen) atoms. The Bertz CT molecular complexity index is 957. The van der Waals surface area contributed by atoms with Crippen LogP contribution >= 0.6 is 0 Å². The molecule has 0 spiro atoms. The maximum Gasteiger partial charge on any atom is 0.312 e. The summed E-state index contributed by atoms with van der Waals surface area (Å²) < 4.78 is 0. The maximum absolute atomic E-state index is 12.4. The van der Waals surface area contributed by atoms with Crippen molar-refractivity contribution in [3.05, 3.63) is 58.3 Å². The summed E-state index contributed by atoms with van der Waals surface area (Å²) in [6.07, 6.45) is 2.70. The van der Waals surface area contributed by atoms with Crippen molar-refractivity contribution >= 4 is 28.7 Å². The van der Waals surface area contributed by atoms with Crippen molar-refractivity contribution in [2.45, 2.75) is 6.54 Å². The lowest BCUT2D eigenvalue weighted by molar-refractivity contribution is 0.102. The number of H-pyrrole nitrogens is 2. The Morgan fingerprint density at radius 2 is 1.92 bits per heavy atom. The highest BCUT2D eigenvalue weighted by Gasteiger charge is 2.15. The van der Waals surface area contributed by atoms with Gasteiger partial charge in [-0.1, -0.05) is 12.1 Å². The second kappa shape index (κ2) is 6.24. The lowest BCUT2D eigenvalue weighted by atomic mass is 10.2. The lowest BCUT2D eigenvalue weighted by Gasteiger charge is -2.06. The first-order chi connectivity index (χ1) is 11.5. The molecule has 6 N–H and O–H groups in total. The van der Waals surface area contributed by atoms with Gasteiger partial charge in [-0.05, 0) is 17.7 Å². The Balaban J connectivity index is 1.77. The number of fused-ring (bicyclic) bond motifs is 1. The van der Waals surface area contributed by atoms with E-state index in [-0.39, 0.29) is 16.5 Å². The van der Waals surface area contributed by atoms with Crippen LogP contribution < -0.4 is 21.9 Å². The summed E-state index contributed by atoms with van der Waals surface area (Å²) in [4.78, 5) is 44.1. The monoisotopic (exact) mass is 326 g/mol. The van der Waals surface area contributed by atoms with E-state index in [0.29, 0.717) is 17.9 Å². The summed E-state index contributed by atoms with van der Waals surface area (Å²) in [5.74, 6) is -0.428. The van der Waals surface area contributed by atoms with Crippen molar-refractivity contribution in [3.63, 3.8) is 0 Å². The topological polar surface area (TPSA) is 146 Å². The standard InChI is InChI=1S/C15H14N6O3/c16-15(24)18-5-8-1-3-9(4-2-8)21-13(22)10-6-17-12-11(10)14(23)20-7-19-12/h1-4,6-7H,5H2,(H,21,22)(H3,16,18,24)(H2,17,19,20,23). The number of carbonyl (C=O) groups is 2. The van der Waals surface area contributed by atoms with Crippen molar-refractivity contribution in [1.29, 1.82) is 0 Å². The number of hydrogen-bond donors (Lipinski definition) is 5. The van der Waals surface area contributed by atoms with Crippen LogP contribution in [-0.4, -0.2) is 26.9 Å². The number of amides is 3. The maximum atomic E-state index is 12.4. The highest BCUT2D eigenvalue weighted by Crippen LogP contribution is 2.15. The van der Waals surface area contributed by atoms with Gasteiger partial charge in [-0.15, -0.1) is 0 Å². The van der Waals surface area contributed by atoms with Gasteiger partial charge in [-0.2, -0.15) is 0 Å². The van der Waals surface area contributed by atoms with Gasteiger partial charge in [0, 0.05) is 18.4 Å². The molecule has 9 nitrogen and oxygen atoms in total. The van der Waals surface area contributed by atoms with E-state index in [1.54, 1.807) is 24.3 Å². The third kappa shape index (κ3) is 3.09. The normalized spacial score (nSPS) is 10.5. The van der Waals surface area contributed by atoms with E-state index in [1.165, 1.54) is 12.5 Å². The molecule has 9 heteroatoms. The zero-order valence-electron chi connectivity index (χ0n) is 12.4. The van der Waals surface area contributed by atoms with E-state index in [4.69, 9.17) is 5.73 Å². The number of urea groups is 1. The number of primary amides is 1. The minimum Gasteiger partial charge on any atom is -0.352 e. The first-order valence-corrected chi connectivity index (χ1v) is 7.03. The van der Waals surface area contributed by atoms with Gasteiger partial charge in [-0.25, -0.2) is 9.78 Å². The van der Waals surface area contributed by atoms with Crippen LogP contribution in [0.5, 0.6) is 0 Å². The van der Waals surface area contributed by atoms with Crippen LogP contribution in [0.15, 0.2) is 41.6 Å². The number of nitrogens with zero attached hydrogens (tertiary/aromatic N) is 1. The summed E-state index contributed by atoms with van der Waals surface area (Å²) >= 11 is 0. The molecule has 2 aromatic heterocycles. The Morgan fingerprint density at radius 3 is 2.62 bits per heavy atom. The zero-order valence-corrected chi connectivity index (χ0v) is 12.4. The van der Waals surface area contributed by atoms with Crippen LogP contribution in [0.1, 0.15) is 15.9 Å². The number of benzene rings is 1. The van der Waals surface area contributed by atoms with Gasteiger partial charge in [0.15, 0.2) is 0 Å². The van der Waals surface area contributed by atoms with Gasteiger partial charge >= 0.3 is 6.03 Å². The predicted octanol–water partition coefficient (Wildman–Crippen LogP) is 0.672. The fraction of sp³-hybridized carbons (Fsp3) is 0.0667. The lowest BCUT2D eigenvalue weighted by Crippen LogP contribution is -2.28. The second-order valence-electron chi connectivity index (χ2n) is 5.03. The van der Waals surface area contributed by atoms with Gasteiger partial charge in [0.25, 0.3) is 11.5 Å². The molecule has 0 aliphatic rings. The molecule has 0 bridgehead atoms. The van der Waals surface area contributed by atoms with Crippen molar-refractivity contribution in [2.24, 2.45) is 5.73 Å². The number of aromatic nitrogens is 3. The van der Waals surface area contributed by atoms with E-state index >= 15 is 0 Å². The van der Waals surface area contributed by atoms with Crippen LogP contribution in [0.3, 0.4) is 0 Å². The van der Waals surface area contributed by atoms with Gasteiger partial charge in [0.1, 0.15) is 5.65 Å². The number of hydrogen-bond acceptors (Lipinski definition) is 4. The minimum atomic E-state index is -0.606. The van der Waals surface area contributed by atoms with Crippen molar-refractivity contribution in [1.82, 2.24) is 20.3 Å². The summed E-state index contributed by atoms with van der Waals surface area (Å²) in [5, 5.41) is 5.38. The molecule has 3 aromatic rings.